The molecule has 3 rings (SSSR count). The van der Waals surface area contributed by atoms with Gasteiger partial charge in [-0.05, 0) is 97.5 Å². The zero-order valence-corrected chi connectivity index (χ0v) is 25.6. The highest BCUT2D eigenvalue weighted by Crippen LogP contribution is 2.27. The third-order valence-corrected chi connectivity index (χ3v) is 8.77. The van der Waals surface area contributed by atoms with Gasteiger partial charge in [-0.1, -0.05) is 47.5 Å². The lowest BCUT2D eigenvalue weighted by atomic mass is 10.1. The number of hydrogen-bond donors (Lipinski definition) is 1. The van der Waals surface area contributed by atoms with Crippen molar-refractivity contribution in [3.05, 3.63) is 92.0 Å². The summed E-state index contributed by atoms with van der Waals surface area (Å²) < 4.78 is 29.4. The van der Waals surface area contributed by atoms with E-state index in [2.05, 4.69) is 27.9 Å². The van der Waals surface area contributed by atoms with E-state index in [1.165, 1.54) is 17.0 Å². The van der Waals surface area contributed by atoms with Crippen molar-refractivity contribution in [3.63, 3.8) is 0 Å². The molecular formula is C27H28Cl2IN3O4S. The topological polar surface area (TPSA) is 86.8 Å². The Bertz CT molecular complexity index is 1390. The molecule has 0 unspecified atom stereocenters. The fourth-order valence-corrected chi connectivity index (χ4v) is 5.94. The lowest BCUT2D eigenvalue weighted by Crippen LogP contribution is -2.52. The number of nitrogens with zero attached hydrogens (tertiary/aromatic N) is 2. The summed E-state index contributed by atoms with van der Waals surface area (Å²) in [6, 6.07) is 18.5. The van der Waals surface area contributed by atoms with E-state index in [-0.39, 0.29) is 23.4 Å². The molecule has 0 bridgehead atoms. The predicted molar refractivity (Wildman–Crippen MR) is 160 cm³/mol. The summed E-state index contributed by atoms with van der Waals surface area (Å²) in [7, 11) is -4.11. The molecule has 202 valence electrons. The number of hydrogen-bond acceptors (Lipinski definition) is 4. The van der Waals surface area contributed by atoms with Gasteiger partial charge >= 0.3 is 0 Å². The van der Waals surface area contributed by atoms with Gasteiger partial charge in [0.05, 0.1) is 10.6 Å². The molecule has 0 aromatic heterocycles. The van der Waals surface area contributed by atoms with Gasteiger partial charge in [0.2, 0.25) is 11.8 Å². The van der Waals surface area contributed by atoms with Crippen LogP contribution in [-0.4, -0.2) is 43.8 Å². The van der Waals surface area contributed by atoms with Crippen LogP contribution in [0.3, 0.4) is 0 Å². The average molecular weight is 688 g/mol. The Morgan fingerprint density at radius 3 is 2.16 bits per heavy atom. The second-order valence-corrected chi connectivity index (χ2v) is 12.8. The average Bonchev–Trinajstić information content (AvgIpc) is 2.87. The summed E-state index contributed by atoms with van der Waals surface area (Å²) in [5.41, 5.74) is 0.895. The SMILES string of the molecule is CC(C)NC(=O)[C@@H](C)N(Cc1ccc(Cl)cc1Cl)C(=O)CN(c1ccc(I)cc1)S(=O)(=O)c1ccccc1. The summed E-state index contributed by atoms with van der Waals surface area (Å²) >= 11 is 14.5. The summed E-state index contributed by atoms with van der Waals surface area (Å²) in [6.45, 7) is 4.69. The molecule has 7 nitrogen and oxygen atoms in total. The van der Waals surface area contributed by atoms with E-state index in [0.717, 1.165) is 7.88 Å². The largest absolute Gasteiger partial charge is 0.352 e. The fraction of sp³-hybridized carbons (Fsp3) is 0.259. The van der Waals surface area contributed by atoms with Gasteiger partial charge in [0.15, 0.2) is 0 Å². The lowest BCUT2D eigenvalue weighted by Gasteiger charge is -2.32. The van der Waals surface area contributed by atoms with Crippen molar-refractivity contribution in [1.82, 2.24) is 10.2 Å². The minimum absolute atomic E-state index is 0.0204. The van der Waals surface area contributed by atoms with E-state index in [4.69, 9.17) is 23.2 Å². The van der Waals surface area contributed by atoms with E-state index in [1.807, 2.05) is 13.8 Å². The molecule has 0 saturated carbocycles. The number of nitrogens with one attached hydrogen (secondary N) is 1. The minimum Gasteiger partial charge on any atom is -0.352 e. The Morgan fingerprint density at radius 2 is 1.58 bits per heavy atom. The highest BCUT2D eigenvalue weighted by molar-refractivity contribution is 14.1. The predicted octanol–water partition coefficient (Wildman–Crippen LogP) is 5.74. The second-order valence-electron chi connectivity index (χ2n) is 8.90. The molecule has 0 spiro atoms. The highest BCUT2D eigenvalue weighted by atomic mass is 127. The molecule has 1 atom stereocenters. The molecular weight excluding hydrogens is 660 g/mol. The van der Waals surface area contributed by atoms with Crippen LogP contribution in [0.5, 0.6) is 0 Å². The number of sulfonamides is 1. The van der Waals surface area contributed by atoms with E-state index in [9.17, 15) is 18.0 Å². The smallest absolute Gasteiger partial charge is 0.264 e. The fourth-order valence-electron chi connectivity index (χ4n) is 3.68. The monoisotopic (exact) mass is 687 g/mol. The number of carbonyl (C=O) groups excluding carboxylic acids is 2. The Labute approximate surface area is 247 Å². The number of halogens is 3. The van der Waals surface area contributed by atoms with Crippen LogP contribution in [0.1, 0.15) is 26.3 Å². The molecule has 0 radical (unpaired) electrons. The number of carbonyl (C=O) groups is 2. The third kappa shape index (κ3) is 7.62. The van der Waals surface area contributed by atoms with Gasteiger partial charge in [-0.3, -0.25) is 13.9 Å². The van der Waals surface area contributed by atoms with Gasteiger partial charge < -0.3 is 10.2 Å². The number of rotatable bonds is 10. The van der Waals surface area contributed by atoms with Gasteiger partial charge in [0, 0.05) is 26.2 Å². The quantitative estimate of drug-likeness (QED) is 0.276. The number of amides is 2. The highest BCUT2D eigenvalue weighted by Gasteiger charge is 2.32. The first-order valence-corrected chi connectivity index (χ1v) is 15.0. The minimum atomic E-state index is -4.11. The molecule has 0 saturated heterocycles. The van der Waals surface area contributed by atoms with Crippen LogP contribution in [0.2, 0.25) is 10.0 Å². The standard InChI is InChI=1S/C27H28Cl2IN3O4S/c1-18(2)31-27(35)19(3)32(16-20-9-10-21(28)15-25(20)29)26(34)17-33(23-13-11-22(30)12-14-23)38(36,37)24-7-5-4-6-8-24/h4-15,18-19H,16-17H2,1-3H3,(H,31,35)/t19-/m1/s1. The Balaban J connectivity index is 2.03. The van der Waals surface area contributed by atoms with Crippen molar-refractivity contribution in [2.75, 3.05) is 10.8 Å². The molecule has 0 heterocycles. The molecule has 1 N–H and O–H groups in total. The lowest BCUT2D eigenvalue weighted by molar-refractivity contribution is -0.139. The Kier molecular flexibility index (Phi) is 10.4. The van der Waals surface area contributed by atoms with Gasteiger partial charge in [0.1, 0.15) is 12.6 Å². The van der Waals surface area contributed by atoms with Crippen molar-refractivity contribution in [2.24, 2.45) is 0 Å². The second kappa shape index (κ2) is 13.1. The van der Waals surface area contributed by atoms with Gasteiger partial charge in [-0.2, -0.15) is 0 Å². The molecule has 3 aromatic rings. The Hall–Kier alpha value is -2.34. The first-order valence-electron chi connectivity index (χ1n) is 11.8. The van der Waals surface area contributed by atoms with E-state index < -0.39 is 28.5 Å². The third-order valence-electron chi connectivity index (χ3n) is 5.68. The van der Waals surface area contributed by atoms with Gasteiger partial charge in [-0.25, -0.2) is 8.42 Å². The van der Waals surface area contributed by atoms with Crippen LogP contribution in [0.4, 0.5) is 5.69 Å². The van der Waals surface area contributed by atoms with Crippen LogP contribution >= 0.6 is 45.8 Å². The maximum atomic E-state index is 13.9. The van der Waals surface area contributed by atoms with Crippen LogP contribution in [-0.2, 0) is 26.2 Å². The normalized spacial score (nSPS) is 12.2. The zero-order chi connectivity index (χ0) is 28.0. The zero-order valence-electron chi connectivity index (χ0n) is 21.1. The van der Waals surface area contributed by atoms with E-state index >= 15 is 0 Å². The van der Waals surface area contributed by atoms with Crippen LogP contribution in [0.15, 0.2) is 77.7 Å². The molecule has 0 fully saturated rings. The van der Waals surface area contributed by atoms with Crippen LogP contribution < -0.4 is 9.62 Å². The maximum absolute atomic E-state index is 13.9. The summed E-state index contributed by atoms with van der Waals surface area (Å²) in [5.74, 6) is -0.939. The van der Waals surface area contributed by atoms with Crippen molar-refractivity contribution in [3.8, 4) is 0 Å². The maximum Gasteiger partial charge on any atom is 0.264 e. The van der Waals surface area contributed by atoms with Gasteiger partial charge in [0.25, 0.3) is 10.0 Å². The molecule has 11 heteroatoms. The first kappa shape index (κ1) is 30.2. The van der Waals surface area contributed by atoms with Crippen LogP contribution in [0, 0.1) is 3.57 Å². The molecule has 2 amide bonds. The number of anilines is 1. The number of benzene rings is 3. The van der Waals surface area contributed by atoms with E-state index in [0.29, 0.717) is 21.3 Å². The van der Waals surface area contributed by atoms with Gasteiger partial charge in [-0.15, -0.1) is 0 Å². The summed E-state index contributed by atoms with van der Waals surface area (Å²) in [5, 5.41) is 3.58. The Morgan fingerprint density at radius 1 is 0.947 bits per heavy atom. The van der Waals surface area contributed by atoms with Crippen molar-refractivity contribution >= 4 is 73.3 Å². The van der Waals surface area contributed by atoms with Crippen molar-refractivity contribution < 1.29 is 18.0 Å². The molecule has 38 heavy (non-hydrogen) atoms. The van der Waals surface area contributed by atoms with Crippen LogP contribution in [0.25, 0.3) is 0 Å². The molecule has 0 aliphatic rings. The van der Waals surface area contributed by atoms with Crippen molar-refractivity contribution in [2.45, 2.75) is 44.3 Å². The molecule has 0 aliphatic heterocycles. The molecule has 3 aromatic carbocycles. The molecule has 0 aliphatic carbocycles. The van der Waals surface area contributed by atoms with E-state index in [1.54, 1.807) is 67.6 Å². The van der Waals surface area contributed by atoms with Crippen molar-refractivity contribution in [1.29, 1.82) is 0 Å². The summed E-state index contributed by atoms with van der Waals surface area (Å²) in [6.07, 6.45) is 0. The first-order chi connectivity index (χ1) is 17.9. The summed E-state index contributed by atoms with van der Waals surface area (Å²) in [4.78, 5) is 28.2.